The first-order chi connectivity index (χ1) is 15.4. The van der Waals surface area contributed by atoms with Crippen LogP contribution in [-0.2, 0) is 13.2 Å². The second-order valence-corrected chi connectivity index (χ2v) is 7.20. The van der Waals surface area contributed by atoms with Crippen molar-refractivity contribution in [3.05, 3.63) is 76.5 Å². The molecule has 0 spiro atoms. The van der Waals surface area contributed by atoms with Crippen molar-refractivity contribution in [1.29, 1.82) is 0 Å². The van der Waals surface area contributed by atoms with Crippen LogP contribution in [0.25, 0.3) is 0 Å². The summed E-state index contributed by atoms with van der Waals surface area (Å²) in [5.41, 5.74) is -1.44. The van der Waals surface area contributed by atoms with Gasteiger partial charge in [-0.05, 0) is 31.5 Å². The first-order valence-electron chi connectivity index (χ1n) is 9.57. The van der Waals surface area contributed by atoms with E-state index in [1.165, 1.54) is 19.1 Å². The predicted octanol–water partition coefficient (Wildman–Crippen LogP) is 5.20. The molecule has 0 saturated carbocycles. The number of rotatable bonds is 6. The number of carbonyl (C=O) groups is 2. The maximum absolute atomic E-state index is 13.6. The summed E-state index contributed by atoms with van der Waals surface area (Å²) in [7, 11) is 1.12. The van der Waals surface area contributed by atoms with Gasteiger partial charge >= 0.3 is 6.18 Å². The molecule has 6 nitrogen and oxygen atoms in total. The molecule has 1 amide bonds. The lowest BCUT2D eigenvalue weighted by Crippen LogP contribution is -2.28. The predicted molar refractivity (Wildman–Crippen MR) is 107 cm³/mol. The van der Waals surface area contributed by atoms with Crippen molar-refractivity contribution in [3.8, 4) is 11.6 Å². The molecule has 0 radical (unpaired) electrons. The van der Waals surface area contributed by atoms with Crippen LogP contribution in [0, 0.1) is 11.6 Å². The molecule has 1 N–H and O–H groups in total. The van der Waals surface area contributed by atoms with Crippen LogP contribution in [0.15, 0.2) is 42.5 Å². The van der Waals surface area contributed by atoms with E-state index in [1.807, 2.05) is 0 Å². The lowest BCUT2D eigenvalue weighted by molar-refractivity contribution is -0.141. The zero-order valence-corrected chi connectivity index (χ0v) is 17.6. The highest BCUT2D eigenvalue weighted by Crippen LogP contribution is 2.37. The summed E-state index contributed by atoms with van der Waals surface area (Å²) in [6.07, 6.45) is -4.99. The Morgan fingerprint density at radius 1 is 1.06 bits per heavy atom. The second kappa shape index (κ2) is 9.00. The normalized spacial score (nSPS) is 12.4. The van der Waals surface area contributed by atoms with Crippen LogP contribution in [0.2, 0.25) is 0 Å². The van der Waals surface area contributed by atoms with Gasteiger partial charge in [0.2, 0.25) is 5.88 Å². The van der Waals surface area contributed by atoms with E-state index in [9.17, 15) is 31.5 Å². The van der Waals surface area contributed by atoms with Gasteiger partial charge in [-0.15, -0.1) is 0 Å². The summed E-state index contributed by atoms with van der Waals surface area (Å²) < 4.78 is 73.4. The number of Topliss-reactive ketones (excluding diaryl/α,β-unsaturated/α-hetero) is 1. The third kappa shape index (κ3) is 5.18. The van der Waals surface area contributed by atoms with Gasteiger partial charge in [0.15, 0.2) is 23.1 Å². The lowest BCUT2D eigenvalue weighted by Gasteiger charge is -2.16. The number of halogens is 5. The third-order valence-corrected chi connectivity index (χ3v) is 4.76. The van der Waals surface area contributed by atoms with E-state index in [0.29, 0.717) is 21.9 Å². The van der Waals surface area contributed by atoms with Gasteiger partial charge in [-0.3, -0.25) is 9.59 Å². The quantitative estimate of drug-likeness (QED) is 0.399. The molecule has 0 aliphatic heterocycles. The Morgan fingerprint density at radius 2 is 1.70 bits per heavy atom. The molecule has 0 saturated heterocycles. The SMILES string of the molecule is CC(=O)c1ccc([C@H](C)NC(=O)c2c(C(F)(F)F)nn(C)c2Oc2ccc(F)c(F)c2)cc1. The molecule has 174 valence electrons. The van der Waals surface area contributed by atoms with Crippen molar-refractivity contribution in [2.75, 3.05) is 0 Å². The molecule has 3 aromatic rings. The first-order valence-corrected chi connectivity index (χ1v) is 9.57. The number of aryl methyl sites for hydroxylation is 1. The maximum Gasteiger partial charge on any atom is 0.436 e. The Morgan fingerprint density at radius 3 is 2.24 bits per heavy atom. The summed E-state index contributed by atoms with van der Waals surface area (Å²) in [6.45, 7) is 2.93. The van der Waals surface area contributed by atoms with Crippen LogP contribution in [0.5, 0.6) is 11.6 Å². The number of hydrogen-bond donors (Lipinski definition) is 1. The Hall–Kier alpha value is -3.76. The van der Waals surface area contributed by atoms with Crippen molar-refractivity contribution < 1.29 is 36.3 Å². The monoisotopic (exact) mass is 467 g/mol. The fourth-order valence-corrected chi connectivity index (χ4v) is 3.04. The minimum Gasteiger partial charge on any atom is -0.438 e. The van der Waals surface area contributed by atoms with E-state index in [4.69, 9.17) is 4.74 Å². The van der Waals surface area contributed by atoms with Crippen LogP contribution < -0.4 is 10.1 Å². The minimum atomic E-state index is -4.99. The summed E-state index contributed by atoms with van der Waals surface area (Å²) >= 11 is 0. The molecule has 11 heteroatoms. The van der Waals surface area contributed by atoms with Gasteiger partial charge in [-0.2, -0.15) is 18.3 Å². The van der Waals surface area contributed by atoms with Crippen LogP contribution >= 0.6 is 0 Å². The molecule has 0 unspecified atom stereocenters. The zero-order valence-electron chi connectivity index (χ0n) is 17.6. The highest BCUT2D eigenvalue weighted by molar-refractivity contribution is 5.98. The van der Waals surface area contributed by atoms with Crippen LogP contribution in [0.4, 0.5) is 22.0 Å². The highest BCUT2D eigenvalue weighted by Gasteiger charge is 2.42. The fraction of sp³-hybridized carbons (Fsp3) is 0.227. The Kier molecular flexibility index (Phi) is 6.52. The smallest absolute Gasteiger partial charge is 0.436 e. The summed E-state index contributed by atoms with van der Waals surface area (Å²) in [4.78, 5) is 24.3. The van der Waals surface area contributed by atoms with E-state index in [1.54, 1.807) is 19.1 Å². The standard InChI is InChI=1S/C22H18F5N3O3/c1-11(13-4-6-14(7-5-13)12(2)31)28-20(32)18-19(22(25,26)27)29-30(3)21(18)33-15-8-9-16(23)17(24)10-15/h4-11H,1-3H3,(H,28,32)/t11-/m0/s1. The van der Waals surface area contributed by atoms with Crippen molar-refractivity contribution in [1.82, 2.24) is 15.1 Å². The van der Waals surface area contributed by atoms with Crippen molar-refractivity contribution in [2.45, 2.75) is 26.1 Å². The Balaban J connectivity index is 1.96. The fourth-order valence-electron chi connectivity index (χ4n) is 3.04. The van der Waals surface area contributed by atoms with Gasteiger partial charge in [-0.1, -0.05) is 24.3 Å². The second-order valence-electron chi connectivity index (χ2n) is 7.20. The molecule has 0 aliphatic rings. The highest BCUT2D eigenvalue weighted by atomic mass is 19.4. The van der Waals surface area contributed by atoms with Gasteiger partial charge in [-0.25, -0.2) is 13.5 Å². The largest absolute Gasteiger partial charge is 0.438 e. The topological polar surface area (TPSA) is 73.2 Å². The number of nitrogens with one attached hydrogen (secondary N) is 1. The van der Waals surface area contributed by atoms with Crippen molar-refractivity contribution in [2.24, 2.45) is 7.05 Å². The molecular formula is C22H18F5N3O3. The summed E-state index contributed by atoms with van der Waals surface area (Å²) in [6, 6.07) is 7.82. The van der Waals surface area contributed by atoms with E-state index < -0.39 is 46.9 Å². The number of ether oxygens (including phenoxy) is 1. The number of hydrogen-bond acceptors (Lipinski definition) is 4. The number of aromatic nitrogens is 2. The number of carbonyl (C=O) groups excluding carboxylic acids is 2. The zero-order chi connectivity index (χ0) is 24.5. The average molecular weight is 467 g/mol. The van der Waals surface area contributed by atoms with E-state index in [-0.39, 0.29) is 11.5 Å². The van der Waals surface area contributed by atoms with E-state index in [2.05, 4.69) is 10.4 Å². The van der Waals surface area contributed by atoms with E-state index in [0.717, 1.165) is 19.2 Å². The third-order valence-electron chi connectivity index (χ3n) is 4.76. The van der Waals surface area contributed by atoms with Crippen LogP contribution in [0.1, 0.15) is 51.9 Å². The lowest BCUT2D eigenvalue weighted by atomic mass is 10.0. The van der Waals surface area contributed by atoms with Crippen molar-refractivity contribution in [3.63, 3.8) is 0 Å². The summed E-state index contributed by atoms with van der Waals surface area (Å²) in [5, 5.41) is 5.79. The molecule has 3 rings (SSSR count). The number of nitrogens with zero attached hydrogens (tertiary/aromatic N) is 2. The van der Waals surface area contributed by atoms with E-state index >= 15 is 0 Å². The number of amides is 1. The molecule has 2 aromatic carbocycles. The van der Waals surface area contributed by atoms with Gasteiger partial charge < -0.3 is 10.1 Å². The number of benzene rings is 2. The minimum absolute atomic E-state index is 0.164. The average Bonchev–Trinajstić information content (AvgIpc) is 3.07. The van der Waals surface area contributed by atoms with Gasteiger partial charge in [0.25, 0.3) is 5.91 Å². The molecule has 1 heterocycles. The van der Waals surface area contributed by atoms with Gasteiger partial charge in [0, 0.05) is 18.7 Å². The molecule has 0 aliphatic carbocycles. The van der Waals surface area contributed by atoms with Crippen LogP contribution in [0.3, 0.4) is 0 Å². The molecular weight excluding hydrogens is 449 g/mol. The van der Waals surface area contributed by atoms with Gasteiger partial charge in [0.1, 0.15) is 11.3 Å². The molecule has 1 aromatic heterocycles. The number of alkyl halides is 3. The maximum atomic E-state index is 13.6. The molecule has 1 atom stereocenters. The molecule has 33 heavy (non-hydrogen) atoms. The molecule has 0 bridgehead atoms. The van der Waals surface area contributed by atoms with Crippen LogP contribution in [-0.4, -0.2) is 21.5 Å². The summed E-state index contributed by atoms with van der Waals surface area (Å²) in [5.74, 6) is -4.69. The Bertz CT molecular complexity index is 1200. The Labute approximate surface area is 185 Å². The first kappa shape index (κ1) is 23.9. The molecule has 0 fully saturated rings. The van der Waals surface area contributed by atoms with Gasteiger partial charge in [0.05, 0.1) is 6.04 Å². The van der Waals surface area contributed by atoms with Crippen molar-refractivity contribution >= 4 is 11.7 Å². The number of ketones is 1.